The molecule has 1 unspecified atom stereocenters. The summed E-state index contributed by atoms with van der Waals surface area (Å²) in [7, 11) is -1.10. The largest absolute Gasteiger partial charge is 0.449 e. The Hall–Kier alpha value is -2.95. The summed E-state index contributed by atoms with van der Waals surface area (Å²) in [5.41, 5.74) is -0.524. The molecule has 176 valence electrons. The molecule has 33 heavy (non-hydrogen) atoms. The number of fused-ring (bicyclic) bond motifs is 1. The van der Waals surface area contributed by atoms with Crippen LogP contribution in [0.25, 0.3) is 0 Å². The van der Waals surface area contributed by atoms with E-state index in [9.17, 15) is 22.8 Å². The van der Waals surface area contributed by atoms with E-state index in [0.717, 1.165) is 10.4 Å². The van der Waals surface area contributed by atoms with Gasteiger partial charge in [0, 0.05) is 14.1 Å². The van der Waals surface area contributed by atoms with Crippen molar-refractivity contribution in [1.82, 2.24) is 4.31 Å². The van der Waals surface area contributed by atoms with Crippen LogP contribution in [-0.2, 0) is 24.3 Å². The van der Waals surface area contributed by atoms with Crippen LogP contribution in [0.2, 0.25) is 5.02 Å². The second-order valence-corrected chi connectivity index (χ2v) is 10.7. The number of carbonyl (C=O) groups excluding carboxylic acids is 3. The molecule has 0 saturated heterocycles. The SMILES string of the molecule is CC(OC(=O)c1cc(S(=O)(=O)N(C)C)ccc1Cl)C(=O)N1c2ccccc2NC(=O)C1(C)C. The number of hydrogen-bond acceptors (Lipinski definition) is 6. The van der Waals surface area contributed by atoms with E-state index in [-0.39, 0.29) is 15.5 Å². The maximum atomic E-state index is 13.3. The van der Waals surface area contributed by atoms with Gasteiger partial charge in [-0.1, -0.05) is 23.7 Å². The molecular formula is C22H24ClN3O6S. The molecule has 11 heteroatoms. The lowest BCUT2D eigenvalue weighted by atomic mass is 9.95. The Balaban J connectivity index is 1.91. The summed E-state index contributed by atoms with van der Waals surface area (Å²) in [5.74, 6) is -1.98. The van der Waals surface area contributed by atoms with E-state index < -0.39 is 39.4 Å². The highest BCUT2D eigenvalue weighted by Gasteiger charge is 2.45. The van der Waals surface area contributed by atoms with E-state index in [1.807, 2.05) is 0 Å². The van der Waals surface area contributed by atoms with E-state index >= 15 is 0 Å². The highest BCUT2D eigenvalue weighted by molar-refractivity contribution is 7.89. The first kappa shape index (κ1) is 24.7. The Morgan fingerprint density at radius 2 is 1.79 bits per heavy atom. The maximum absolute atomic E-state index is 13.3. The summed E-state index contributed by atoms with van der Waals surface area (Å²) in [6.07, 6.45) is -1.29. The quantitative estimate of drug-likeness (QED) is 0.641. The number of esters is 1. The first-order chi connectivity index (χ1) is 15.3. The molecule has 0 aromatic heterocycles. The van der Waals surface area contributed by atoms with Crippen molar-refractivity contribution in [3.05, 3.63) is 53.1 Å². The average molecular weight is 494 g/mol. The Kier molecular flexibility index (Phi) is 6.56. The Labute approximate surface area is 197 Å². The molecule has 9 nitrogen and oxygen atoms in total. The van der Waals surface area contributed by atoms with Gasteiger partial charge in [-0.15, -0.1) is 0 Å². The van der Waals surface area contributed by atoms with Crippen LogP contribution in [0, 0.1) is 0 Å². The average Bonchev–Trinajstić information content (AvgIpc) is 2.74. The fraction of sp³-hybridized carbons (Fsp3) is 0.318. The summed E-state index contributed by atoms with van der Waals surface area (Å²) in [5, 5.41) is 2.73. The molecule has 0 aliphatic carbocycles. The van der Waals surface area contributed by atoms with Crippen LogP contribution in [0.1, 0.15) is 31.1 Å². The van der Waals surface area contributed by atoms with Crippen LogP contribution in [0.5, 0.6) is 0 Å². The maximum Gasteiger partial charge on any atom is 0.340 e. The standard InChI is InChI=1S/C22H24ClN3O6S/c1-13(19(27)26-18-9-7-6-8-17(18)24-21(29)22(26,2)3)32-20(28)15-12-14(10-11-16(15)23)33(30,31)25(4)5/h6-13H,1-5H3,(H,24,29). The first-order valence-corrected chi connectivity index (χ1v) is 11.8. The van der Waals surface area contributed by atoms with Crippen molar-refractivity contribution < 1.29 is 27.5 Å². The normalized spacial score (nSPS) is 16.1. The van der Waals surface area contributed by atoms with Crippen LogP contribution in [-0.4, -0.2) is 56.2 Å². The van der Waals surface area contributed by atoms with E-state index in [1.165, 1.54) is 38.1 Å². The van der Waals surface area contributed by atoms with Crippen LogP contribution in [0.3, 0.4) is 0 Å². The monoisotopic (exact) mass is 493 g/mol. The summed E-state index contributed by atoms with van der Waals surface area (Å²) >= 11 is 6.11. The van der Waals surface area contributed by atoms with Crippen molar-refractivity contribution in [2.75, 3.05) is 24.3 Å². The summed E-state index contributed by atoms with van der Waals surface area (Å²) in [6, 6.07) is 10.4. The molecular weight excluding hydrogens is 470 g/mol. The van der Waals surface area contributed by atoms with Gasteiger partial charge >= 0.3 is 5.97 Å². The number of benzene rings is 2. The molecule has 0 bridgehead atoms. The van der Waals surface area contributed by atoms with Gasteiger partial charge in [0.25, 0.3) is 5.91 Å². The molecule has 2 aromatic carbocycles. The number of nitrogens with one attached hydrogen (secondary N) is 1. The van der Waals surface area contributed by atoms with E-state index in [1.54, 1.807) is 38.1 Å². The third-order valence-electron chi connectivity index (χ3n) is 5.30. The summed E-state index contributed by atoms with van der Waals surface area (Å²) in [6.45, 7) is 4.54. The molecule has 0 fully saturated rings. The van der Waals surface area contributed by atoms with Gasteiger partial charge in [0.2, 0.25) is 15.9 Å². The first-order valence-electron chi connectivity index (χ1n) is 9.96. The van der Waals surface area contributed by atoms with Crippen molar-refractivity contribution >= 4 is 50.8 Å². The molecule has 2 aromatic rings. The fourth-order valence-corrected chi connectivity index (χ4v) is 4.46. The number of para-hydroxylation sites is 2. The van der Waals surface area contributed by atoms with Crippen LogP contribution >= 0.6 is 11.6 Å². The van der Waals surface area contributed by atoms with Crippen LogP contribution in [0.15, 0.2) is 47.4 Å². The van der Waals surface area contributed by atoms with Gasteiger partial charge in [-0.3, -0.25) is 14.5 Å². The van der Waals surface area contributed by atoms with Gasteiger partial charge in [-0.25, -0.2) is 17.5 Å². The number of hydrogen-bond donors (Lipinski definition) is 1. The molecule has 3 rings (SSSR count). The van der Waals surface area contributed by atoms with Crippen molar-refractivity contribution in [1.29, 1.82) is 0 Å². The van der Waals surface area contributed by atoms with Gasteiger partial charge in [0.15, 0.2) is 6.10 Å². The lowest BCUT2D eigenvalue weighted by Crippen LogP contribution is -2.60. The molecule has 0 saturated carbocycles. The molecule has 0 radical (unpaired) electrons. The molecule has 1 aliphatic rings. The Morgan fingerprint density at radius 3 is 2.42 bits per heavy atom. The number of sulfonamides is 1. The van der Waals surface area contributed by atoms with Gasteiger partial charge in [-0.2, -0.15) is 0 Å². The van der Waals surface area contributed by atoms with Crippen molar-refractivity contribution in [2.24, 2.45) is 0 Å². The molecule has 1 heterocycles. The molecule has 0 spiro atoms. The third kappa shape index (κ3) is 4.46. The number of ether oxygens (including phenoxy) is 1. The van der Waals surface area contributed by atoms with Gasteiger partial charge in [0.1, 0.15) is 5.54 Å². The topological polar surface area (TPSA) is 113 Å². The minimum atomic E-state index is -3.82. The molecule has 1 N–H and O–H groups in total. The predicted molar refractivity (Wildman–Crippen MR) is 124 cm³/mol. The number of anilines is 2. The van der Waals surface area contributed by atoms with Gasteiger partial charge in [0.05, 0.1) is 26.9 Å². The lowest BCUT2D eigenvalue weighted by Gasteiger charge is -2.42. The smallest absolute Gasteiger partial charge is 0.340 e. The van der Waals surface area contributed by atoms with E-state index in [4.69, 9.17) is 16.3 Å². The Morgan fingerprint density at radius 1 is 1.15 bits per heavy atom. The van der Waals surface area contributed by atoms with Crippen molar-refractivity contribution in [3.63, 3.8) is 0 Å². The van der Waals surface area contributed by atoms with Crippen LogP contribution < -0.4 is 10.2 Å². The summed E-state index contributed by atoms with van der Waals surface area (Å²) in [4.78, 5) is 39.9. The van der Waals surface area contributed by atoms with Crippen LogP contribution in [0.4, 0.5) is 11.4 Å². The predicted octanol–water partition coefficient (Wildman–Crippen LogP) is 2.90. The highest BCUT2D eigenvalue weighted by Crippen LogP contribution is 2.37. The number of carbonyl (C=O) groups is 3. The second kappa shape index (κ2) is 8.77. The third-order valence-corrected chi connectivity index (χ3v) is 7.44. The number of halogens is 1. The summed E-state index contributed by atoms with van der Waals surface area (Å²) < 4.78 is 31.2. The Bertz CT molecular complexity index is 1240. The minimum Gasteiger partial charge on any atom is -0.449 e. The zero-order valence-electron chi connectivity index (χ0n) is 18.7. The molecule has 1 atom stereocenters. The zero-order valence-corrected chi connectivity index (χ0v) is 20.3. The molecule has 2 amide bonds. The number of nitrogens with zero attached hydrogens (tertiary/aromatic N) is 2. The van der Waals surface area contributed by atoms with Crippen molar-refractivity contribution in [3.8, 4) is 0 Å². The second-order valence-electron chi connectivity index (χ2n) is 8.18. The zero-order chi connectivity index (χ0) is 24.7. The number of rotatable bonds is 5. The minimum absolute atomic E-state index is 0.0274. The number of amides is 2. The lowest BCUT2D eigenvalue weighted by molar-refractivity contribution is -0.131. The fourth-order valence-electron chi connectivity index (χ4n) is 3.33. The van der Waals surface area contributed by atoms with Gasteiger partial charge < -0.3 is 10.1 Å². The van der Waals surface area contributed by atoms with E-state index in [0.29, 0.717) is 11.4 Å². The van der Waals surface area contributed by atoms with E-state index in [2.05, 4.69) is 5.32 Å². The van der Waals surface area contributed by atoms with Crippen molar-refractivity contribution in [2.45, 2.75) is 37.3 Å². The highest BCUT2D eigenvalue weighted by atomic mass is 35.5. The molecule has 1 aliphatic heterocycles. The van der Waals surface area contributed by atoms with Gasteiger partial charge in [-0.05, 0) is 51.1 Å².